The largest absolute Gasteiger partial charge is 0.376 e. The third kappa shape index (κ3) is 7.07. The predicted molar refractivity (Wildman–Crippen MR) is 141 cm³/mol. The maximum absolute atomic E-state index is 13.3. The molecule has 0 spiro atoms. The molecule has 2 amide bonds. The van der Waals surface area contributed by atoms with Crippen LogP contribution in [0.2, 0.25) is 0 Å². The number of amides is 2. The summed E-state index contributed by atoms with van der Waals surface area (Å²) in [6.07, 6.45) is 9.11. The summed E-state index contributed by atoms with van der Waals surface area (Å²) in [5.41, 5.74) is 4.85. The van der Waals surface area contributed by atoms with Gasteiger partial charge in [0.15, 0.2) is 0 Å². The monoisotopic (exact) mass is 477 g/mol. The zero-order chi connectivity index (χ0) is 24.5. The number of carbonyl (C=O) groups is 2. The first kappa shape index (κ1) is 25.2. The molecule has 2 aromatic rings. The van der Waals surface area contributed by atoms with Gasteiger partial charge in [0, 0.05) is 44.0 Å². The SMILES string of the molecule is CCCCCCCC(=O)Nc1ccc(N2CCc3ccccc3C2)c(C(=O)NCC2CCCO2)c1. The van der Waals surface area contributed by atoms with E-state index in [-0.39, 0.29) is 17.9 Å². The van der Waals surface area contributed by atoms with E-state index in [9.17, 15) is 9.59 Å². The second-order valence-electron chi connectivity index (χ2n) is 9.73. The van der Waals surface area contributed by atoms with Crippen molar-refractivity contribution in [1.29, 1.82) is 0 Å². The van der Waals surface area contributed by atoms with Crippen molar-refractivity contribution in [3.8, 4) is 0 Å². The van der Waals surface area contributed by atoms with Crippen LogP contribution in [0.5, 0.6) is 0 Å². The molecule has 2 aliphatic heterocycles. The minimum Gasteiger partial charge on any atom is -0.376 e. The first-order chi connectivity index (χ1) is 17.1. The first-order valence-corrected chi connectivity index (χ1v) is 13.3. The Morgan fingerprint density at radius 2 is 1.89 bits per heavy atom. The Hall–Kier alpha value is -2.86. The lowest BCUT2D eigenvalue weighted by molar-refractivity contribution is -0.116. The number of ether oxygens (including phenoxy) is 1. The van der Waals surface area contributed by atoms with E-state index in [0.29, 0.717) is 24.2 Å². The average molecular weight is 478 g/mol. The van der Waals surface area contributed by atoms with Crippen molar-refractivity contribution >= 4 is 23.2 Å². The molecule has 0 aromatic heterocycles. The molecular formula is C29H39N3O3. The van der Waals surface area contributed by atoms with Gasteiger partial charge < -0.3 is 20.3 Å². The highest BCUT2D eigenvalue weighted by atomic mass is 16.5. The topological polar surface area (TPSA) is 70.7 Å². The molecule has 1 unspecified atom stereocenters. The van der Waals surface area contributed by atoms with Gasteiger partial charge in [-0.25, -0.2) is 0 Å². The summed E-state index contributed by atoms with van der Waals surface area (Å²) < 4.78 is 5.68. The molecule has 0 radical (unpaired) electrons. The number of benzene rings is 2. The van der Waals surface area contributed by atoms with Gasteiger partial charge in [0.25, 0.3) is 5.91 Å². The van der Waals surface area contributed by atoms with Crippen molar-refractivity contribution in [3.05, 3.63) is 59.2 Å². The molecule has 1 saturated heterocycles. The first-order valence-electron chi connectivity index (χ1n) is 13.3. The van der Waals surface area contributed by atoms with Crippen molar-refractivity contribution in [2.75, 3.05) is 29.9 Å². The number of nitrogens with one attached hydrogen (secondary N) is 2. The summed E-state index contributed by atoms with van der Waals surface area (Å²) in [7, 11) is 0. The average Bonchev–Trinajstić information content (AvgIpc) is 3.40. The summed E-state index contributed by atoms with van der Waals surface area (Å²) in [5, 5.41) is 6.08. The van der Waals surface area contributed by atoms with E-state index in [1.807, 2.05) is 18.2 Å². The maximum atomic E-state index is 13.3. The Labute approximate surface area is 209 Å². The van der Waals surface area contributed by atoms with Crippen molar-refractivity contribution in [2.45, 2.75) is 77.4 Å². The second kappa shape index (κ2) is 12.7. The minimum atomic E-state index is -0.120. The Balaban J connectivity index is 1.47. The molecule has 2 aliphatic rings. The standard InChI is InChI=1S/C29H39N3O3/c1-2-3-4-5-6-13-28(33)31-24-14-15-27(32-17-16-22-10-7-8-11-23(22)21-32)26(19-24)29(34)30-20-25-12-9-18-35-25/h7-8,10-11,14-15,19,25H,2-6,9,12-13,16-18,20-21H2,1H3,(H,30,34)(H,31,33). The lowest BCUT2D eigenvalue weighted by Gasteiger charge is -2.32. The number of nitrogens with zero attached hydrogens (tertiary/aromatic N) is 1. The van der Waals surface area contributed by atoms with Crippen LogP contribution in [0.1, 0.15) is 79.8 Å². The van der Waals surface area contributed by atoms with Crippen LogP contribution in [-0.2, 0) is 22.5 Å². The lowest BCUT2D eigenvalue weighted by atomic mass is 9.98. The molecule has 4 rings (SSSR count). The molecule has 0 bridgehead atoms. The van der Waals surface area contributed by atoms with Crippen molar-refractivity contribution in [2.24, 2.45) is 0 Å². The van der Waals surface area contributed by atoms with E-state index in [1.54, 1.807) is 0 Å². The zero-order valence-electron chi connectivity index (χ0n) is 21.0. The molecule has 6 nitrogen and oxygen atoms in total. The molecule has 2 aromatic carbocycles. The summed E-state index contributed by atoms with van der Waals surface area (Å²) in [5.74, 6) is -0.114. The Morgan fingerprint density at radius 1 is 1.06 bits per heavy atom. The van der Waals surface area contributed by atoms with Gasteiger partial charge in [0.1, 0.15) is 0 Å². The number of hydrogen-bond acceptors (Lipinski definition) is 4. The van der Waals surface area contributed by atoms with Gasteiger partial charge in [-0.3, -0.25) is 9.59 Å². The van der Waals surface area contributed by atoms with E-state index in [0.717, 1.165) is 57.5 Å². The number of rotatable bonds is 11. The molecule has 2 heterocycles. The fraction of sp³-hybridized carbons (Fsp3) is 0.517. The fourth-order valence-corrected chi connectivity index (χ4v) is 4.99. The van der Waals surface area contributed by atoms with Gasteiger partial charge >= 0.3 is 0 Å². The van der Waals surface area contributed by atoms with E-state index in [2.05, 4.69) is 46.7 Å². The Morgan fingerprint density at radius 3 is 2.69 bits per heavy atom. The molecule has 0 aliphatic carbocycles. The van der Waals surface area contributed by atoms with E-state index in [4.69, 9.17) is 4.74 Å². The van der Waals surface area contributed by atoms with Crippen LogP contribution in [0.25, 0.3) is 0 Å². The molecular weight excluding hydrogens is 438 g/mol. The zero-order valence-corrected chi connectivity index (χ0v) is 21.0. The summed E-state index contributed by atoms with van der Waals surface area (Å²) in [6, 6.07) is 14.2. The van der Waals surface area contributed by atoms with Gasteiger partial charge in [0.2, 0.25) is 5.91 Å². The highest BCUT2D eigenvalue weighted by Gasteiger charge is 2.23. The number of carbonyl (C=O) groups excluding carboxylic acids is 2. The maximum Gasteiger partial charge on any atom is 0.253 e. The van der Waals surface area contributed by atoms with Crippen LogP contribution in [0.4, 0.5) is 11.4 Å². The number of anilines is 2. The summed E-state index contributed by atoms with van der Waals surface area (Å²) in [6.45, 7) is 5.08. The second-order valence-corrected chi connectivity index (χ2v) is 9.73. The van der Waals surface area contributed by atoms with Gasteiger partial charge in [-0.05, 0) is 55.0 Å². The fourth-order valence-electron chi connectivity index (χ4n) is 4.99. The van der Waals surface area contributed by atoms with Crippen LogP contribution in [0.15, 0.2) is 42.5 Å². The van der Waals surface area contributed by atoms with Crippen LogP contribution >= 0.6 is 0 Å². The Bertz CT molecular complexity index is 1000. The quantitative estimate of drug-likeness (QED) is 0.422. The highest BCUT2D eigenvalue weighted by molar-refractivity contribution is 6.02. The van der Waals surface area contributed by atoms with Crippen LogP contribution in [0, 0.1) is 0 Å². The number of hydrogen-bond donors (Lipinski definition) is 2. The van der Waals surface area contributed by atoms with Crippen LogP contribution in [-0.4, -0.2) is 37.6 Å². The molecule has 2 N–H and O–H groups in total. The molecule has 35 heavy (non-hydrogen) atoms. The third-order valence-electron chi connectivity index (χ3n) is 7.02. The van der Waals surface area contributed by atoms with Crippen LogP contribution in [0.3, 0.4) is 0 Å². The predicted octanol–water partition coefficient (Wildman–Crippen LogP) is 5.46. The van der Waals surface area contributed by atoms with Gasteiger partial charge in [-0.2, -0.15) is 0 Å². The summed E-state index contributed by atoms with van der Waals surface area (Å²) >= 11 is 0. The summed E-state index contributed by atoms with van der Waals surface area (Å²) in [4.78, 5) is 28.1. The molecule has 1 fully saturated rings. The van der Waals surface area contributed by atoms with Crippen molar-refractivity contribution < 1.29 is 14.3 Å². The normalized spacial score (nSPS) is 17.2. The van der Waals surface area contributed by atoms with E-state index in [1.165, 1.54) is 30.4 Å². The van der Waals surface area contributed by atoms with Crippen molar-refractivity contribution in [3.63, 3.8) is 0 Å². The van der Waals surface area contributed by atoms with Crippen molar-refractivity contribution in [1.82, 2.24) is 5.32 Å². The number of unbranched alkanes of at least 4 members (excludes halogenated alkanes) is 4. The van der Waals surface area contributed by atoms with E-state index >= 15 is 0 Å². The van der Waals surface area contributed by atoms with Gasteiger partial charge in [0.05, 0.1) is 11.7 Å². The molecule has 1 atom stereocenters. The smallest absolute Gasteiger partial charge is 0.253 e. The molecule has 188 valence electrons. The van der Waals surface area contributed by atoms with Crippen LogP contribution < -0.4 is 15.5 Å². The molecule has 6 heteroatoms. The van der Waals surface area contributed by atoms with Gasteiger partial charge in [-0.15, -0.1) is 0 Å². The number of fused-ring (bicyclic) bond motifs is 1. The minimum absolute atomic E-state index is 0.00635. The van der Waals surface area contributed by atoms with E-state index < -0.39 is 0 Å². The molecule has 0 saturated carbocycles. The highest BCUT2D eigenvalue weighted by Crippen LogP contribution is 2.30. The Kier molecular flexibility index (Phi) is 9.18. The lowest BCUT2D eigenvalue weighted by Crippen LogP contribution is -2.35. The van der Waals surface area contributed by atoms with Gasteiger partial charge in [-0.1, -0.05) is 56.9 Å². The third-order valence-corrected chi connectivity index (χ3v) is 7.02.